The molecule has 0 spiro atoms. The molecular weight excluding hydrogens is 204 g/mol. The van der Waals surface area contributed by atoms with Gasteiger partial charge in [-0.15, -0.1) is 5.10 Å². The number of rotatable bonds is 5. The van der Waals surface area contributed by atoms with E-state index >= 15 is 0 Å². The average Bonchev–Trinajstić information content (AvgIpc) is 2.72. The first-order valence-corrected chi connectivity index (χ1v) is 5.98. The second-order valence-corrected chi connectivity index (χ2v) is 4.44. The zero-order chi connectivity index (χ0) is 11.2. The maximum Gasteiger partial charge on any atom is 0.108 e. The third-order valence-corrected chi connectivity index (χ3v) is 2.97. The van der Waals surface area contributed by atoms with E-state index in [0.29, 0.717) is 6.61 Å². The number of nitrogens with zero attached hydrogens (tertiary/aromatic N) is 3. The highest BCUT2D eigenvalue weighted by molar-refractivity contribution is 4.88. The fraction of sp³-hybridized carbons (Fsp3) is 0.818. The first kappa shape index (κ1) is 11.5. The van der Waals surface area contributed by atoms with Crippen LogP contribution in [0.15, 0.2) is 6.20 Å². The minimum Gasteiger partial charge on any atom is -0.375 e. The van der Waals surface area contributed by atoms with Gasteiger partial charge in [-0.2, -0.15) is 0 Å². The monoisotopic (exact) mass is 224 g/mol. The van der Waals surface area contributed by atoms with Gasteiger partial charge in [0.1, 0.15) is 5.69 Å². The molecule has 5 nitrogen and oxygen atoms in total. The Morgan fingerprint density at radius 1 is 1.62 bits per heavy atom. The minimum atomic E-state index is 0.577. The smallest absolute Gasteiger partial charge is 0.108 e. The van der Waals surface area contributed by atoms with Crippen molar-refractivity contribution in [3.8, 4) is 0 Å². The molecule has 0 aromatic carbocycles. The summed E-state index contributed by atoms with van der Waals surface area (Å²) in [6.07, 6.45) is 5.67. The van der Waals surface area contributed by atoms with E-state index in [1.54, 1.807) is 4.68 Å². The highest BCUT2D eigenvalue weighted by Gasteiger charge is 2.12. The summed E-state index contributed by atoms with van der Waals surface area (Å²) in [5.74, 6) is 0.788. The van der Waals surface area contributed by atoms with Crippen LogP contribution in [0.25, 0.3) is 0 Å². The zero-order valence-electron chi connectivity index (χ0n) is 9.85. The normalized spacial score (nSPS) is 21.2. The Kier molecular flexibility index (Phi) is 4.30. The van der Waals surface area contributed by atoms with E-state index in [1.165, 1.54) is 19.4 Å². The predicted octanol–water partition coefficient (Wildman–Crippen LogP) is 0.721. The Bertz CT molecular complexity index is 307. The molecule has 1 fully saturated rings. The lowest BCUT2D eigenvalue weighted by Gasteiger charge is -2.22. The third kappa shape index (κ3) is 3.57. The molecule has 1 unspecified atom stereocenters. The first-order valence-electron chi connectivity index (χ1n) is 5.98. The van der Waals surface area contributed by atoms with Crippen molar-refractivity contribution in [3.63, 3.8) is 0 Å². The molecular formula is C11H20N4O. The van der Waals surface area contributed by atoms with Crippen LogP contribution in [0, 0.1) is 5.92 Å². The van der Waals surface area contributed by atoms with Crippen LogP contribution in [-0.4, -0.2) is 34.7 Å². The largest absolute Gasteiger partial charge is 0.375 e. The van der Waals surface area contributed by atoms with Crippen molar-refractivity contribution in [1.82, 2.24) is 20.3 Å². The van der Waals surface area contributed by atoms with Gasteiger partial charge in [0.25, 0.3) is 0 Å². The van der Waals surface area contributed by atoms with E-state index in [1.807, 2.05) is 13.2 Å². The Hall–Kier alpha value is -0.940. The molecule has 0 amide bonds. The molecule has 1 saturated heterocycles. The number of aromatic nitrogens is 3. The van der Waals surface area contributed by atoms with Crippen LogP contribution in [0.4, 0.5) is 0 Å². The molecule has 5 heteroatoms. The summed E-state index contributed by atoms with van der Waals surface area (Å²) in [6, 6.07) is 0. The molecule has 1 aliphatic rings. The lowest BCUT2D eigenvalue weighted by Crippen LogP contribution is -2.30. The Balaban J connectivity index is 1.57. The molecule has 2 heterocycles. The van der Waals surface area contributed by atoms with Crippen molar-refractivity contribution in [1.29, 1.82) is 0 Å². The molecule has 2 rings (SSSR count). The van der Waals surface area contributed by atoms with E-state index in [0.717, 1.165) is 31.2 Å². The van der Waals surface area contributed by atoms with Gasteiger partial charge in [0.15, 0.2) is 0 Å². The Labute approximate surface area is 96.2 Å². The summed E-state index contributed by atoms with van der Waals surface area (Å²) in [5.41, 5.74) is 0.907. The maximum absolute atomic E-state index is 5.59. The van der Waals surface area contributed by atoms with Crippen LogP contribution in [0.3, 0.4) is 0 Å². The summed E-state index contributed by atoms with van der Waals surface area (Å²) < 4.78 is 7.29. The number of hydrogen-bond donors (Lipinski definition) is 1. The van der Waals surface area contributed by atoms with E-state index in [4.69, 9.17) is 4.74 Å². The summed E-state index contributed by atoms with van der Waals surface area (Å²) in [5, 5.41) is 11.3. The summed E-state index contributed by atoms with van der Waals surface area (Å²) in [6.45, 7) is 3.72. The van der Waals surface area contributed by atoms with Crippen LogP contribution in [-0.2, 0) is 18.4 Å². The lowest BCUT2D eigenvalue weighted by molar-refractivity contribution is 0.101. The topological polar surface area (TPSA) is 52.0 Å². The first-order chi connectivity index (χ1) is 7.84. The van der Waals surface area contributed by atoms with Gasteiger partial charge in [-0.25, -0.2) is 0 Å². The van der Waals surface area contributed by atoms with Crippen molar-refractivity contribution >= 4 is 0 Å². The van der Waals surface area contributed by atoms with Gasteiger partial charge in [-0.1, -0.05) is 5.21 Å². The zero-order valence-corrected chi connectivity index (χ0v) is 9.85. The van der Waals surface area contributed by atoms with Crippen molar-refractivity contribution < 1.29 is 4.74 Å². The van der Waals surface area contributed by atoms with Crippen molar-refractivity contribution in [2.45, 2.75) is 25.9 Å². The van der Waals surface area contributed by atoms with Crippen molar-refractivity contribution in [2.24, 2.45) is 13.0 Å². The average molecular weight is 224 g/mol. The molecule has 0 radical (unpaired) electrons. The van der Waals surface area contributed by atoms with E-state index in [9.17, 15) is 0 Å². The molecule has 1 aromatic rings. The van der Waals surface area contributed by atoms with Gasteiger partial charge in [-0.05, 0) is 38.3 Å². The maximum atomic E-state index is 5.59. The van der Waals surface area contributed by atoms with Gasteiger partial charge in [0, 0.05) is 13.7 Å². The second-order valence-electron chi connectivity index (χ2n) is 4.44. The predicted molar refractivity (Wildman–Crippen MR) is 60.9 cm³/mol. The molecule has 0 saturated carbocycles. The Morgan fingerprint density at radius 2 is 2.56 bits per heavy atom. The van der Waals surface area contributed by atoms with Crippen molar-refractivity contribution in [2.75, 3.05) is 19.7 Å². The molecule has 0 aliphatic carbocycles. The summed E-state index contributed by atoms with van der Waals surface area (Å²) in [4.78, 5) is 0. The van der Waals surface area contributed by atoms with Crippen LogP contribution in [0.2, 0.25) is 0 Å². The van der Waals surface area contributed by atoms with Crippen molar-refractivity contribution in [3.05, 3.63) is 11.9 Å². The molecule has 90 valence electrons. The minimum absolute atomic E-state index is 0.577. The second kappa shape index (κ2) is 5.96. The van der Waals surface area contributed by atoms with E-state index in [-0.39, 0.29) is 0 Å². The van der Waals surface area contributed by atoms with Crippen LogP contribution >= 0.6 is 0 Å². The number of hydrogen-bond acceptors (Lipinski definition) is 4. The van der Waals surface area contributed by atoms with Gasteiger partial charge in [-0.3, -0.25) is 4.68 Å². The van der Waals surface area contributed by atoms with Crippen LogP contribution in [0.5, 0.6) is 0 Å². The summed E-state index contributed by atoms with van der Waals surface area (Å²) >= 11 is 0. The molecule has 1 atom stereocenters. The fourth-order valence-corrected chi connectivity index (χ4v) is 2.06. The highest BCUT2D eigenvalue weighted by Crippen LogP contribution is 2.13. The molecule has 16 heavy (non-hydrogen) atoms. The van der Waals surface area contributed by atoms with Crippen LogP contribution < -0.4 is 5.32 Å². The standard InChI is InChI=1S/C11H20N4O/c1-15-8-11(13-14-15)9-16-6-4-10-3-2-5-12-7-10/h8,10,12H,2-7,9H2,1H3. The Morgan fingerprint density at radius 3 is 3.25 bits per heavy atom. The van der Waals surface area contributed by atoms with Gasteiger partial charge >= 0.3 is 0 Å². The lowest BCUT2D eigenvalue weighted by atomic mass is 9.97. The van der Waals surface area contributed by atoms with E-state index < -0.39 is 0 Å². The highest BCUT2D eigenvalue weighted by atomic mass is 16.5. The van der Waals surface area contributed by atoms with Crippen LogP contribution in [0.1, 0.15) is 25.0 Å². The number of ether oxygens (including phenoxy) is 1. The van der Waals surface area contributed by atoms with Gasteiger partial charge in [0.2, 0.25) is 0 Å². The fourth-order valence-electron chi connectivity index (χ4n) is 2.06. The number of piperidine rings is 1. The third-order valence-electron chi connectivity index (χ3n) is 2.97. The molecule has 1 N–H and O–H groups in total. The SMILES string of the molecule is Cn1cc(COCCC2CCCNC2)nn1. The molecule has 1 aromatic heterocycles. The van der Waals surface area contributed by atoms with Gasteiger partial charge in [0.05, 0.1) is 12.8 Å². The molecule has 0 bridgehead atoms. The summed E-state index contributed by atoms with van der Waals surface area (Å²) in [7, 11) is 1.87. The quantitative estimate of drug-likeness (QED) is 0.749. The number of nitrogens with one attached hydrogen (secondary N) is 1. The molecule has 1 aliphatic heterocycles. The van der Waals surface area contributed by atoms with E-state index in [2.05, 4.69) is 15.6 Å². The number of aryl methyl sites for hydroxylation is 1. The van der Waals surface area contributed by atoms with Gasteiger partial charge < -0.3 is 10.1 Å².